The van der Waals surface area contributed by atoms with Gasteiger partial charge >= 0.3 is 6.03 Å². The van der Waals surface area contributed by atoms with E-state index in [1.807, 2.05) is 0 Å². The number of benzene rings is 1. The molecular weight excluding hydrogens is 370 g/mol. The van der Waals surface area contributed by atoms with E-state index in [1.54, 1.807) is 24.3 Å². The summed E-state index contributed by atoms with van der Waals surface area (Å²) in [7, 11) is 0. The summed E-state index contributed by atoms with van der Waals surface area (Å²) in [5, 5.41) is 8.05. The van der Waals surface area contributed by atoms with Crippen molar-refractivity contribution in [3.8, 4) is 0 Å². The maximum atomic E-state index is 12.3. The SMILES string of the molecule is CC(=O)[C@H](CC(=O)NC(=O)NC1CCCCC1)C(=O)Nc1ccc(Cl)cc1. The van der Waals surface area contributed by atoms with Gasteiger partial charge in [-0.05, 0) is 44.0 Å². The highest BCUT2D eigenvalue weighted by molar-refractivity contribution is 6.30. The first-order chi connectivity index (χ1) is 12.8. The molecule has 8 heteroatoms. The van der Waals surface area contributed by atoms with Gasteiger partial charge in [-0.1, -0.05) is 30.9 Å². The van der Waals surface area contributed by atoms with Crippen LogP contribution in [0.2, 0.25) is 5.02 Å². The molecule has 7 nitrogen and oxygen atoms in total. The molecule has 0 radical (unpaired) electrons. The molecule has 0 unspecified atom stereocenters. The highest BCUT2D eigenvalue weighted by atomic mass is 35.5. The Hall–Kier alpha value is -2.41. The molecule has 0 bridgehead atoms. The standard InChI is InChI=1S/C19H24ClN3O4/c1-12(24)16(18(26)21-15-9-7-13(20)8-10-15)11-17(25)23-19(27)22-14-5-3-2-4-6-14/h7-10,14,16H,2-6,11H2,1H3,(H,21,26)(H2,22,23,25,27)/t16-/m0/s1. The molecular formula is C19H24ClN3O4. The van der Waals surface area contributed by atoms with Gasteiger partial charge in [0.25, 0.3) is 0 Å². The number of nitrogens with one attached hydrogen (secondary N) is 3. The first kappa shape index (κ1) is 20.9. The number of imide groups is 1. The highest BCUT2D eigenvalue weighted by Gasteiger charge is 2.27. The summed E-state index contributed by atoms with van der Waals surface area (Å²) in [5.74, 6) is -2.91. The first-order valence-corrected chi connectivity index (χ1v) is 9.40. The van der Waals surface area contributed by atoms with Crippen molar-refractivity contribution in [3.63, 3.8) is 0 Å². The highest BCUT2D eigenvalue weighted by Crippen LogP contribution is 2.17. The molecule has 1 aliphatic carbocycles. The number of anilines is 1. The summed E-state index contributed by atoms with van der Waals surface area (Å²) in [5.41, 5.74) is 0.464. The van der Waals surface area contributed by atoms with Crippen molar-refractivity contribution in [2.45, 2.75) is 51.5 Å². The van der Waals surface area contributed by atoms with E-state index in [1.165, 1.54) is 6.92 Å². The van der Waals surface area contributed by atoms with Crippen LogP contribution in [0.4, 0.5) is 10.5 Å². The lowest BCUT2D eigenvalue weighted by Gasteiger charge is -2.22. The Morgan fingerprint density at radius 1 is 1.07 bits per heavy atom. The Balaban J connectivity index is 1.87. The van der Waals surface area contributed by atoms with Gasteiger partial charge in [-0.2, -0.15) is 0 Å². The Labute approximate surface area is 163 Å². The van der Waals surface area contributed by atoms with Gasteiger partial charge in [0.1, 0.15) is 11.7 Å². The zero-order chi connectivity index (χ0) is 19.8. The van der Waals surface area contributed by atoms with E-state index < -0.39 is 36.0 Å². The molecule has 0 aliphatic heterocycles. The van der Waals surface area contributed by atoms with Crippen LogP contribution in [0.5, 0.6) is 0 Å². The van der Waals surface area contributed by atoms with Crippen LogP contribution >= 0.6 is 11.6 Å². The smallest absolute Gasteiger partial charge is 0.321 e. The average molecular weight is 394 g/mol. The summed E-state index contributed by atoms with van der Waals surface area (Å²) < 4.78 is 0. The number of halogens is 1. The third-order valence-electron chi connectivity index (χ3n) is 4.50. The number of hydrogen-bond donors (Lipinski definition) is 3. The lowest BCUT2D eigenvalue weighted by molar-refractivity contribution is -0.134. The minimum atomic E-state index is -1.18. The molecule has 1 aliphatic rings. The van der Waals surface area contributed by atoms with E-state index >= 15 is 0 Å². The van der Waals surface area contributed by atoms with Crippen molar-refractivity contribution >= 4 is 40.9 Å². The van der Waals surface area contributed by atoms with Crippen LogP contribution in [0.1, 0.15) is 45.4 Å². The topological polar surface area (TPSA) is 104 Å². The second kappa shape index (κ2) is 10.1. The third-order valence-corrected chi connectivity index (χ3v) is 4.75. The van der Waals surface area contributed by atoms with Gasteiger partial charge in [0, 0.05) is 23.2 Å². The molecule has 1 saturated carbocycles. The Kier molecular flexibility index (Phi) is 7.79. The van der Waals surface area contributed by atoms with Crippen LogP contribution in [0.3, 0.4) is 0 Å². The van der Waals surface area contributed by atoms with E-state index in [2.05, 4.69) is 16.0 Å². The van der Waals surface area contributed by atoms with Crippen molar-refractivity contribution in [3.05, 3.63) is 29.3 Å². The van der Waals surface area contributed by atoms with Crippen molar-refractivity contribution in [2.24, 2.45) is 5.92 Å². The second-order valence-electron chi connectivity index (χ2n) is 6.72. The quantitative estimate of drug-likeness (QED) is 0.646. The zero-order valence-corrected chi connectivity index (χ0v) is 16.0. The summed E-state index contributed by atoms with van der Waals surface area (Å²) in [4.78, 5) is 48.2. The van der Waals surface area contributed by atoms with Gasteiger partial charge in [0.2, 0.25) is 11.8 Å². The maximum Gasteiger partial charge on any atom is 0.321 e. The van der Waals surface area contributed by atoms with Gasteiger partial charge in [-0.15, -0.1) is 0 Å². The largest absolute Gasteiger partial charge is 0.335 e. The van der Waals surface area contributed by atoms with Gasteiger partial charge in [-0.3, -0.25) is 19.7 Å². The van der Waals surface area contributed by atoms with Crippen LogP contribution < -0.4 is 16.0 Å². The van der Waals surface area contributed by atoms with Crippen molar-refractivity contribution in [1.82, 2.24) is 10.6 Å². The molecule has 1 fully saturated rings. The zero-order valence-electron chi connectivity index (χ0n) is 15.2. The molecule has 3 N–H and O–H groups in total. The Morgan fingerprint density at radius 3 is 2.30 bits per heavy atom. The van der Waals surface area contributed by atoms with Gasteiger partial charge < -0.3 is 10.6 Å². The fraction of sp³-hybridized carbons (Fsp3) is 0.474. The van der Waals surface area contributed by atoms with E-state index in [-0.39, 0.29) is 6.04 Å². The average Bonchev–Trinajstić information content (AvgIpc) is 2.62. The van der Waals surface area contributed by atoms with E-state index in [0.717, 1.165) is 32.1 Å². The van der Waals surface area contributed by atoms with Crippen molar-refractivity contribution in [1.29, 1.82) is 0 Å². The fourth-order valence-corrected chi connectivity index (χ4v) is 3.14. The minimum absolute atomic E-state index is 0.0587. The minimum Gasteiger partial charge on any atom is -0.335 e. The molecule has 0 aromatic heterocycles. The molecule has 1 aromatic carbocycles. The number of Topliss-reactive ketones (excluding diaryl/α,β-unsaturated/α-hetero) is 1. The van der Waals surface area contributed by atoms with Gasteiger partial charge in [0.05, 0.1) is 0 Å². The molecule has 1 atom stereocenters. The predicted octanol–water partition coefficient (Wildman–Crippen LogP) is 3.03. The fourth-order valence-electron chi connectivity index (χ4n) is 3.02. The molecule has 0 spiro atoms. The lowest BCUT2D eigenvalue weighted by atomic mass is 9.96. The number of urea groups is 1. The molecule has 0 heterocycles. The number of carbonyl (C=O) groups excluding carboxylic acids is 4. The van der Waals surface area contributed by atoms with Crippen LogP contribution in [0.15, 0.2) is 24.3 Å². The molecule has 4 amide bonds. The predicted molar refractivity (Wildman–Crippen MR) is 102 cm³/mol. The number of rotatable bonds is 6. The normalized spacial score (nSPS) is 15.5. The van der Waals surface area contributed by atoms with Crippen LogP contribution in [0.25, 0.3) is 0 Å². The Bertz CT molecular complexity index is 699. The summed E-state index contributed by atoms with van der Waals surface area (Å²) >= 11 is 5.79. The number of amides is 4. The van der Waals surface area contributed by atoms with Crippen LogP contribution in [-0.4, -0.2) is 29.7 Å². The molecule has 2 rings (SSSR count). The van der Waals surface area contributed by atoms with E-state index in [9.17, 15) is 19.2 Å². The molecule has 27 heavy (non-hydrogen) atoms. The lowest BCUT2D eigenvalue weighted by Crippen LogP contribution is -2.46. The summed E-state index contributed by atoms with van der Waals surface area (Å²) in [6, 6.07) is 5.85. The molecule has 1 aromatic rings. The monoisotopic (exact) mass is 393 g/mol. The summed E-state index contributed by atoms with van der Waals surface area (Å²) in [6.07, 6.45) is 4.64. The number of carbonyl (C=O) groups is 4. The number of ketones is 1. The maximum absolute atomic E-state index is 12.3. The Morgan fingerprint density at radius 2 is 1.70 bits per heavy atom. The van der Waals surface area contributed by atoms with Crippen molar-refractivity contribution in [2.75, 3.05) is 5.32 Å². The summed E-state index contributed by atoms with van der Waals surface area (Å²) in [6.45, 7) is 1.24. The van der Waals surface area contributed by atoms with Crippen LogP contribution in [-0.2, 0) is 14.4 Å². The van der Waals surface area contributed by atoms with E-state index in [0.29, 0.717) is 10.7 Å². The molecule has 146 valence electrons. The third kappa shape index (κ3) is 7.02. The van der Waals surface area contributed by atoms with Gasteiger partial charge in [0.15, 0.2) is 0 Å². The number of hydrogen-bond acceptors (Lipinski definition) is 4. The van der Waals surface area contributed by atoms with Crippen molar-refractivity contribution < 1.29 is 19.2 Å². The van der Waals surface area contributed by atoms with Crippen LogP contribution in [0, 0.1) is 5.92 Å². The molecule has 0 saturated heterocycles. The second-order valence-corrected chi connectivity index (χ2v) is 7.16. The first-order valence-electron chi connectivity index (χ1n) is 9.02. The van der Waals surface area contributed by atoms with Gasteiger partial charge in [-0.25, -0.2) is 4.79 Å². The van der Waals surface area contributed by atoms with E-state index in [4.69, 9.17) is 11.6 Å².